The molecule has 4 rings (SSSR count). The van der Waals surface area contributed by atoms with Crippen molar-refractivity contribution in [2.45, 2.75) is 19.9 Å². The molecule has 2 heterocycles. The molecule has 2 aliphatic rings. The zero-order valence-corrected chi connectivity index (χ0v) is 21.8. The van der Waals surface area contributed by atoms with E-state index >= 15 is 0 Å². The molecule has 38 heavy (non-hydrogen) atoms. The lowest BCUT2D eigenvalue weighted by Gasteiger charge is -2.40. The molecule has 1 saturated heterocycles. The first-order valence-electron chi connectivity index (χ1n) is 12.7. The Morgan fingerprint density at radius 3 is 2.34 bits per heavy atom. The van der Waals surface area contributed by atoms with Gasteiger partial charge in [0.25, 0.3) is 5.91 Å². The van der Waals surface area contributed by atoms with E-state index in [9.17, 15) is 18.8 Å². The number of rotatable bonds is 8. The Morgan fingerprint density at radius 2 is 1.74 bits per heavy atom. The SMILES string of the molecule is C=CCN1C(=O)NC(c2ccc(C)cc2)C(C(=O)OCC)=C1CN1CCN(C(=O)c2ccc(F)cc2)CC1. The fourth-order valence-electron chi connectivity index (χ4n) is 4.75. The predicted molar refractivity (Wildman–Crippen MR) is 142 cm³/mol. The van der Waals surface area contributed by atoms with E-state index in [4.69, 9.17) is 4.74 Å². The van der Waals surface area contributed by atoms with Gasteiger partial charge in [-0.05, 0) is 43.7 Å². The van der Waals surface area contributed by atoms with Gasteiger partial charge in [-0.1, -0.05) is 35.9 Å². The summed E-state index contributed by atoms with van der Waals surface area (Å²) < 4.78 is 18.7. The standard InChI is InChI=1S/C29H33FN4O4/c1-4-14-34-24(19-32-15-17-33(18-16-32)27(35)22-10-12-23(30)13-11-22)25(28(36)38-5-2)26(31-29(34)37)21-8-6-20(3)7-9-21/h4,6-13,26H,1,5,14-19H2,2-3H3,(H,31,37). The highest BCUT2D eigenvalue weighted by atomic mass is 19.1. The number of piperazine rings is 1. The molecule has 1 unspecified atom stereocenters. The van der Waals surface area contributed by atoms with Crippen LogP contribution in [0.4, 0.5) is 9.18 Å². The van der Waals surface area contributed by atoms with Crippen LogP contribution in [0.25, 0.3) is 0 Å². The third kappa shape index (κ3) is 5.94. The van der Waals surface area contributed by atoms with Gasteiger partial charge < -0.3 is 15.0 Å². The lowest BCUT2D eigenvalue weighted by Crippen LogP contribution is -2.53. The summed E-state index contributed by atoms with van der Waals surface area (Å²) in [6, 6.07) is 12.2. The number of carbonyl (C=O) groups is 3. The van der Waals surface area contributed by atoms with Crippen LogP contribution in [0, 0.1) is 12.7 Å². The molecule has 1 atom stereocenters. The van der Waals surface area contributed by atoms with Gasteiger partial charge in [-0.3, -0.25) is 14.6 Å². The highest BCUT2D eigenvalue weighted by Gasteiger charge is 2.38. The van der Waals surface area contributed by atoms with Gasteiger partial charge in [0.05, 0.1) is 18.2 Å². The average Bonchev–Trinajstić information content (AvgIpc) is 2.91. The monoisotopic (exact) mass is 520 g/mol. The fourth-order valence-corrected chi connectivity index (χ4v) is 4.75. The minimum absolute atomic E-state index is 0.152. The van der Waals surface area contributed by atoms with E-state index in [-0.39, 0.29) is 30.9 Å². The summed E-state index contributed by atoms with van der Waals surface area (Å²) in [6.07, 6.45) is 1.62. The Labute approximate surface area is 222 Å². The summed E-state index contributed by atoms with van der Waals surface area (Å²) in [6.45, 7) is 10.3. The molecule has 2 aromatic rings. The van der Waals surface area contributed by atoms with Crippen LogP contribution in [-0.4, -0.2) is 78.5 Å². The van der Waals surface area contributed by atoms with Gasteiger partial charge in [-0.2, -0.15) is 0 Å². The summed E-state index contributed by atoms with van der Waals surface area (Å²) in [5.74, 6) is -1.02. The maximum absolute atomic E-state index is 13.3. The Morgan fingerprint density at radius 1 is 1.08 bits per heavy atom. The number of esters is 1. The van der Waals surface area contributed by atoms with Gasteiger partial charge in [-0.15, -0.1) is 6.58 Å². The van der Waals surface area contributed by atoms with E-state index in [1.165, 1.54) is 29.2 Å². The van der Waals surface area contributed by atoms with E-state index in [1.54, 1.807) is 17.9 Å². The molecular formula is C29H33FN4O4. The molecule has 200 valence electrons. The summed E-state index contributed by atoms with van der Waals surface area (Å²) in [4.78, 5) is 44.8. The Bertz CT molecular complexity index is 1220. The smallest absolute Gasteiger partial charge is 0.338 e. The van der Waals surface area contributed by atoms with Crippen LogP contribution in [0.5, 0.6) is 0 Å². The highest BCUT2D eigenvalue weighted by Crippen LogP contribution is 2.32. The van der Waals surface area contributed by atoms with E-state index in [1.807, 2.05) is 31.2 Å². The van der Waals surface area contributed by atoms with E-state index in [0.29, 0.717) is 49.6 Å². The molecule has 2 aromatic carbocycles. The van der Waals surface area contributed by atoms with Crippen molar-refractivity contribution in [3.63, 3.8) is 0 Å². The van der Waals surface area contributed by atoms with Crippen molar-refractivity contribution in [1.29, 1.82) is 0 Å². The van der Waals surface area contributed by atoms with E-state index < -0.39 is 12.0 Å². The number of nitrogens with one attached hydrogen (secondary N) is 1. The number of aryl methyl sites for hydroxylation is 1. The zero-order chi connectivity index (χ0) is 27.2. The molecule has 9 heteroatoms. The number of amides is 3. The summed E-state index contributed by atoms with van der Waals surface area (Å²) in [5, 5.41) is 2.97. The number of ether oxygens (including phenoxy) is 1. The van der Waals surface area contributed by atoms with E-state index in [2.05, 4.69) is 16.8 Å². The van der Waals surface area contributed by atoms with Crippen LogP contribution in [0.2, 0.25) is 0 Å². The molecule has 3 amide bonds. The third-order valence-electron chi connectivity index (χ3n) is 6.78. The van der Waals surface area contributed by atoms with Crippen molar-refractivity contribution in [2.24, 2.45) is 0 Å². The number of nitrogens with zero attached hydrogens (tertiary/aromatic N) is 3. The maximum atomic E-state index is 13.3. The number of halogens is 1. The molecule has 1 fully saturated rings. The Balaban J connectivity index is 1.60. The lowest BCUT2D eigenvalue weighted by atomic mass is 9.93. The van der Waals surface area contributed by atoms with Crippen LogP contribution >= 0.6 is 0 Å². The maximum Gasteiger partial charge on any atom is 0.338 e. The van der Waals surface area contributed by atoms with Crippen LogP contribution in [0.3, 0.4) is 0 Å². The van der Waals surface area contributed by atoms with Gasteiger partial charge in [0, 0.05) is 50.5 Å². The topological polar surface area (TPSA) is 82.2 Å². The second-order valence-corrected chi connectivity index (χ2v) is 9.35. The number of urea groups is 1. The molecule has 0 aliphatic carbocycles. The van der Waals surface area contributed by atoms with Crippen molar-refractivity contribution in [3.8, 4) is 0 Å². The van der Waals surface area contributed by atoms with Gasteiger partial charge in [-0.25, -0.2) is 14.0 Å². The summed E-state index contributed by atoms with van der Waals surface area (Å²) in [7, 11) is 0. The first-order chi connectivity index (χ1) is 18.3. The number of hydrogen-bond donors (Lipinski definition) is 1. The fraction of sp³-hybridized carbons (Fsp3) is 0.345. The Hall–Kier alpha value is -3.98. The Kier molecular flexibility index (Phi) is 8.58. The lowest BCUT2D eigenvalue weighted by molar-refractivity contribution is -0.139. The van der Waals surface area contributed by atoms with E-state index in [0.717, 1.165) is 11.1 Å². The van der Waals surface area contributed by atoms with Crippen molar-refractivity contribution in [3.05, 3.63) is 95.0 Å². The highest BCUT2D eigenvalue weighted by molar-refractivity contribution is 5.95. The van der Waals surface area contributed by atoms with Crippen LogP contribution in [0.1, 0.15) is 34.5 Å². The van der Waals surface area contributed by atoms with Gasteiger partial charge in [0.2, 0.25) is 0 Å². The number of benzene rings is 2. The number of carbonyl (C=O) groups excluding carboxylic acids is 3. The molecule has 2 aliphatic heterocycles. The molecule has 0 aromatic heterocycles. The van der Waals surface area contributed by atoms with Crippen molar-refractivity contribution in [2.75, 3.05) is 45.9 Å². The minimum atomic E-state index is -0.653. The first-order valence-corrected chi connectivity index (χ1v) is 12.7. The predicted octanol–water partition coefficient (Wildman–Crippen LogP) is 3.66. The van der Waals surface area contributed by atoms with Crippen LogP contribution in [0.15, 0.2) is 72.5 Å². The summed E-state index contributed by atoms with van der Waals surface area (Å²) >= 11 is 0. The van der Waals surface area contributed by atoms with Crippen molar-refractivity contribution < 1.29 is 23.5 Å². The van der Waals surface area contributed by atoms with Crippen molar-refractivity contribution in [1.82, 2.24) is 20.0 Å². The molecule has 8 nitrogen and oxygen atoms in total. The van der Waals surface area contributed by atoms with Gasteiger partial charge >= 0.3 is 12.0 Å². The molecule has 0 saturated carbocycles. The largest absolute Gasteiger partial charge is 0.463 e. The van der Waals surface area contributed by atoms with Gasteiger partial charge in [0.15, 0.2) is 0 Å². The summed E-state index contributed by atoms with van der Waals surface area (Å²) in [5.41, 5.74) is 3.25. The molecule has 1 N–H and O–H groups in total. The molecule has 0 spiro atoms. The van der Waals surface area contributed by atoms with Crippen LogP contribution < -0.4 is 5.32 Å². The minimum Gasteiger partial charge on any atom is -0.463 e. The second kappa shape index (κ2) is 12.0. The molecule has 0 radical (unpaired) electrons. The number of hydrogen-bond acceptors (Lipinski definition) is 5. The molecule has 0 bridgehead atoms. The normalized spacial score (nSPS) is 18.3. The zero-order valence-electron chi connectivity index (χ0n) is 21.8. The quantitative estimate of drug-likeness (QED) is 0.424. The van der Waals surface area contributed by atoms with Crippen LogP contribution in [-0.2, 0) is 9.53 Å². The third-order valence-corrected chi connectivity index (χ3v) is 6.78. The van der Waals surface area contributed by atoms with Crippen molar-refractivity contribution >= 4 is 17.9 Å². The second-order valence-electron chi connectivity index (χ2n) is 9.35. The van der Waals surface area contributed by atoms with Gasteiger partial charge in [0.1, 0.15) is 5.82 Å². The first kappa shape index (κ1) is 27.1. The molecular weight excluding hydrogens is 487 g/mol. The average molecular weight is 521 g/mol.